The second-order valence-electron chi connectivity index (χ2n) is 4.85. The summed E-state index contributed by atoms with van der Waals surface area (Å²) in [5, 5.41) is 2.76. The lowest BCUT2D eigenvalue weighted by atomic mass is 10.1. The minimum atomic E-state index is -0.592. The molecule has 0 bridgehead atoms. The molecular weight excluding hydrogens is 360 g/mol. The maximum atomic E-state index is 13.6. The summed E-state index contributed by atoms with van der Waals surface area (Å²) in [7, 11) is 0. The van der Waals surface area contributed by atoms with Gasteiger partial charge in [-0.25, -0.2) is 8.78 Å². The van der Waals surface area contributed by atoms with Crippen LogP contribution in [0, 0.1) is 18.6 Å². The maximum absolute atomic E-state index is 13.6. The number of benzene rings is 1. The first-order chi connectivity index (χ1) is 9.88. The first-order valence-electron chi connectivity index (χ1n) is 6.38. The number of rotatable bonds is 4. The molecule has 6 heteroatoms. The van der Waals surface area contributed by atoms with E-state index in [0.29, 0.717) is 4.88 Å². The molecule has 1 amide bonds. The number of aryl methyl sites for hydroxylation is 1. The Morgan fingerprint density at radius 1 is 1.38 bits per heavy atom. The fourth-order valence-corrected chi connectivity index (χ4v) is 3.39. The van der Waals surface area contributed by atoms with Gasteiger partial charge in [0.1, 0.15) is 11.6 Å². The van der Waals surface area contributed by atoms with E-state index in [0.717, 1.165) is 9.35 Å². The molecule has 2 rings (SSSR count). The van der Waals surface area contributed by atoms with Crippen molar-refractivity contribution in [1.29, 1.82) is 0 Å². The molecule has 1 N–H and O–H groups in total. The summed E-state index contributed by atoms with van der Waals surface area (Å²) < 4.78 is 28.0. The molecule has 1 aromatic heterocycles. The van der Waals surface area contributed by atoms with E-state index in [4.69, 9.17) is 0 Å². The summed E-state index contributed by atoms with van der Waals surface area (Å²) >= 11 is 4.70. The van der Waals surface area contributed by atoms with Gasteiger partial charge in [-0.1, -0.05) is 6.07 Å². The van der Waals surface area contributed by atoms with Gasteiger partial charge in [-0.3, -0.25) is 4.79 Å². The molecule has 0 aliphatic carbocycles. The van der Waals surface area contributed by atoms with E-state index in [-0.39, 0.29) is 23.9 Å². The average Bonchev–Trinajstić information content (AvgIpc) is 2.74. The van der Waals surface area contributed by atoms with Crippen LogP contribution in [0.15, 0.2) is 28.1 Å². The lowest BCUT2D eigenvalue weighted by Crippen LogP contribution is -2.34. The van der Waals surface area contributed by atoms with Gasteiger partial charge in [-0.15, -0.1) is 11.3 Å². The molecular formula is C15H14BrF2NOS. The Hall–Kier alpha value is -1.27. The molecule has 0 spiro atoms. The monoisotopic (exact) mass is 373 g/mol. The van der Waals surface area contributed by atoms with Crippen LogP contribution in [0.3, 0.4) is 0 Å². The van der Waals surface area contributed by atoms with E-state index in [1.807, 2.05) is 6.92 Å². The van der Waals surface area contributed by atoms with Gasteiger partial charge < -0.3 is 5.32 Å². The van der Waals surface area contributed by atoms with E-state index in [1.54, 1.807) is 13.0 Å². The van der Waals surface area contributed by atoms with Crippen molar-refractivity contribution in [3.63, 3.8) is 0 Å². The molecule has 0 aliphatic heterocycles. The van der Waals surface area contributed by atoms with E-state index in [2.05, 4.69) is 21.2 Å². The quantitative estimate of drug-likeness (QED) is 0.841. The van der Waals surface area contributed by atoms with Gasteiger partial charge in [0.25, 0.3) is 5.91 Å². The number of carbonyl (C=O) groups excluding carboxylic acids is 1. The summed E-state index contributed by atoms with van der Waals surface area (Å²) in [5.74, 6) is -1.42. The second-order valence-corrected chi connectivity index (χ2v) is 7.22. The highest BCUT2D eigenvalue weighted by atomic mass is 79.9. The Morgan fingerprint density at radius 2 is 2.00 bits per heavy atom. The summed E-state index contributed by atoms with van der Waals surface area (Å²) in [5.41, 5.74) is 0.979. The van der Waals surface area contributed by atoms with Gasteiger partial charge >= 0.3 is 0 Å². The van der Waals surface area contributed by atoms with Crippen molar-refractivity contribution in [2.24, 2.45) is 0 Å². The lowest BCUT2D eigenvalue weighted by molar-refractivity contribution is 0.0943. The third-order valence-corrected chi connectivity index (χ3v) is 5.17. The Bertz CT molecular complexity index is 632. The summed E-state index contributed by atoms with van der Waals surface area (Å²) in [6, 6.07) is 5.16. The highest BCUT2D eigenvalue weighted by Gasteiger charge is 2.17. The molecule has 1 aromatic carbocycles. The average molecular weight is 374 g/mol. The van der Waals surface area contributed by atoms with Crippen molar-refractivity contribution >= 4 is 33.2 Å². The van der Waals surface area contributed by atoms with Crippen molar-refractivity contribution < 1.29 is 13.6 Å². The SMILES string of the molecule is Cc1cc(C(=O)NC(C)Cc2c(F)cccc2F)sc1Br. The lowest BCUT2D eigenvalue weighted by Gasteiger charge is -2.14. The zero-order valence-corrected chi connectivity index (χ0v) is 13.9. The fourth-order valence-electron chi connectivity index (χ4n) is 1.95. The highest BCUT2D eigenvalue weighted by Crippen LogP contribution is 2.27. The molecule has 1 heterocycles. The number of amides is 1. The van der Waals surface area contributed by atoms with Crippen LogP contribution in [0.5, 0.6) is 0 Å². The number of hydrogen-bond acceptors (Lipinski definition) is 2. The largest absolute Gasteiger partial charge is 0.349 e. The zero-order valence-electron chi connectivity index (χ0n) is 11.5. The van der Waals surface area contributed by atoms with Gasteiger partial charge in [0.2, 0.25) is 0 Å². The molecule has 0 aliphatic rings. The molecule has 0 fully saturated rings. The van der Waals surface area contributed by atoms with Crippen LogP contribution in [-0.2, 0) is 6.42 Å². The molecule has 21 heavy (non-hydrogen) atoms. The van der Waals surface area contributed by atoms with E-state index in [9.17, 15) is 13.6 Å². The third-order valence-electron chi connectivity index (χ3n) is 3.03. The smallest absolute Gasteiger partial charge is 0.261 e. The number of hydrogen-bond donors (Lipinski definition) is 1. The Kier molecular flexibility index (Phi) is 5.11. The molecule has 1 atom stereocenters. The first kappa shape index (κ1) is 16.1. The van der Waals surface area contributed by atoms with E-state index >= 15 is 0 Å². The highest BCUT2D eigenvalue weighted by molar-refractivity contribution is 9.11. The van der Waals surface area contributed by atoms with E-state index in [1.165, 1.54) is 29.5 Å². The van der Waals surface area contributed by atoms with Crippen LogP contribution in [0.25, 0.3) is 0 Å². The van der Waals surface area contributed by atoms with Crippen molar-refractivity contribution in [3.05, 3.63) is 55.7 Å². The molecule has 0 radical (unpaired) electrons. The molecule has 2 aromatic rings. The Balaban J connectivity index is 2.05. The zero-order chi connectivity index (χ0) is 15.6. The standard InChI is InChI=1S/C15H14BrF2NOS/c1-8-6-13(21-14(8)16)15(20)19-9(2)7-10-11(17)4-3-5-12(10)18/h3-6,9H,7H2,1-2H3,(H,19,20). The predicted molar refractivity (Wildman–Crippen MR) is 83.7 cm³/mol. The van der Waals surface area contributed by atoms with Crippen molar-refractivity contribution in [1.82, 2.24) is 5.32 Å². The summed E-state index contributed by atoms with van der Waals surface area (Å²) in [4.78, 5) is 12.6. The van der Waals surface area contributed by atoms with Crippen molar-refractivity contribution in [2.45, 2.75) is 26.3 Å². The van der Waals surface area contributed by atoms with E-state index < -0.39 is 11.6 Å². The minimum Gasteiger partial charge on any atom is -0.349 e. The minimum absolute atomic E-state index is 0.00570. The Labute approximate surface area is 134 Å². The van der Waals surface area contributed by atoms with Gasteiger partial charge in [-0.05, 0) is 60.0 Å². The Morgan fingerprint density at radius 3 is 2.52 bits per heavy atom. The number of thiophene rings is 1. The first-order valence-corrected chi connectivity index (χ1v) is 7.99. The summed E-state index contributed by atoms with van der Waals surface area (Å²) in [6.07, 6.45) is 0.107. The topological polar surface area (TPSA) is 29.1 Å². The summed E-state index contributed by atoms with van der Waals surface area (Å²) in [6.45, 7) is 3.62. The molecule has 0 saturated carbocycles. The molecule has 2 nitrogen and oxygen atoms in total. The predicted octanol–water partition coefficient (Wildman–Crippen LogP) is 4.46. The van der Waals surface area contributed by atoms with Crippen LogP contribution in [0.1, 0.15) is 27.7 Å². The van der Waals surface area contributed by atoms with Gasteiger partial charge in [0.15, 0.2) is 0 Å². The van der Waals surface area contributed by atoms with Crippen LogP contribution in [0.2, 0.25) is 0 Å². The van der Waals surface area contributed by atoms with Gasteiger partial charge in [0.05, 0.1) is 8.66 Å². The third kappa shape index (κ3) is 3.89. The van der Waals surface area contributed by atoms with Crippen LogP contribution >= 0.6 is 27.3 Å². The number of nitrogens with one attached hydrogen (secondary N) is 1. The van der Waals surface area contributed by atoms with Crippen LogP contribution < -0.4 is 5.32 Å². The van der Waals surface area contributed by atoms with Crippen molar-refractivity contribution in [3.8, 4) is 0 Å². The van der Waals surface area contributed by atoms with Crippen molar-refractivity contribution in [2.75, 3.05) is 0 Å². The van der Waals surface area contributed by atoms with Gasteiger partial charge in [0, 0.05) is 11.6 Å². The fraction of sp³-hybridized carbons (Fsp3) is 0.267. The molecule has 1 unspecified atom stereocenters. The van der Waals surface area contributed by atoms with Crippen LogP contribution in [0.4, 0.5) is 8.78 Å². The normalized spacial score (nSPS) is 12.2. The molecule has 0 saturated heterocycles. The maximum Gasteiger partial charge on any atom is 0.261 e. The number of carbonyl (C=O) groups is 1. The molecule has 112 valence electrons. The van der Waals surface area contributed by atoms with Gasteiger partial charge in [-0.2, -0.15) is 0 Å². The van der Waals surface area contributed by atoms with Crippen LogP contribution in [-0.4, -0.2) is 11.9 Å². The second kappa shape index (κ2) is 6.66. The number of halogens is 3.